The van der Waals surface area contributed by atoms with Crippen LogP contribution < -0.4 is 17.0 Å². The summed E-state index contributed by atoms with van der Waals surface area (Å²) in [5, 5.41) is 0. The SMILES string of the molecule is C=C(C)C(=O)OCC[N+](C)(C)CCCCCCCCCCCCCC.[Br-]. The lowest BCUT2D eigenvalue weighted by Crippen LogP contribution is -3.00. The van der Waals surface area contributed by atoms with E-state index < -0.39 is 0 Å². The van der Waals surface area contributed by atoms with Crippen LogP contribution in [0.25, 0.3) is 0 Å². The third-order valence-corrected chi connectivity index (χ3v) is 4.90. The van der Waals surface area contributed by atoms with Crippen LogP contribution in [0.2, 0.25) is 0 Å². The number of rotatable bonds is 17. The second kappa shape index (κ2) is 18.0. The van der Waals surface area contributed by atoms with Gasteiger partial charge >= 0.3 is 5.97 Å². The van der Waals surface area contributed by atoms with Gasteiger partial charge in [0.25, 0.3) is 0 Å². The first-order valence-electron chi connectivity index (χ1n) is 10.5. The molecule has 0 heterocycles. The number of hydrogen-bond acceptors (Lipinski definition) is 2. The fourth-order valence-electron chi connectivity index (χ4n) is 3.00. The smallest absolute Gasteiger partial charge is 0.333 e. The molecule has 0 aliphatic heterocycles. The Morgan fingerprint density at radius 2 is 1.23 bits per heavy atom. The van der Waals surface area contributed by atoms with Crippen molar-refractivity contribution in [3.63, 3.8) is 0 Å². The van der Waals surface area contributed by atoms with E-state index in [1.807, 2.05) is 0 Å². The summed E-state index contributed by atoms with van der Waals surface area (Å²) >= 11 is 0. The fourth-order valence-corrected chi connectivity index (χ4v) is 3.00. The van der Waals surface area contributed by atoms with Gasteiger partial charge in [-0.2, -0.15) is 0 Å². The molecule has 0 amide bonds. The standard InChI is InChI=1S/C22H44NO2.BrH/c1-6-7-8-9-10-11-12-13-14-15-16-17-18-23(4,5)19-20-25-22(24)21(2)3;/h2,6-20H2,1,3-5H3;1H/q+1;/p-1. The molecule has 0 saturated heterocycles. The van der Waals surface area contributed by atoms with Crippen LogP contribution in [-0.4, -0.2) is 44.2 Å². The highest BCUT2D eigenvalue weighted by Gasteiger charge is 2.15. The minimum absolute atomic E-state index is 0. The molecule has 26 heavy (non-hydrogen) atoms. The predicted molar refractivity (Wildman–Crippen MR) is 109 cm³/mol. The molecule has 0 radical (unpaired) electrons. The molecule has 0 N–H and O–H groups in total. The summed E-state index contributed by atoms with van der Waals surface area (Å²) in [6.07, 6.45) is 16.6. The molecular formula is C22H44BrNO2. The summed E-state index contributed by atoms with van der Waals surface area (Å²) in [6.45, 7) is 10.1. The van der Waals surface area contributed by atoms with E-state index >= 15 is 0 Å². The molecule has 0 saturated carbocycles. The van der Waals surface area contributed by atoms with Crippen LogP contribution in [-0.2, 0) is 9.53 Å². The topological polar surface area (TPSA) is 26.3 Å². The van der Waals surface area contributed by atoms with Crippen LogP contribution in [0.4, 0.5) is 0 Å². The van der Waals surface area contributed by atoms with Crippen molar-refractivity contribution < 1.29 is 31.0 Å². The van der Waals surface area contributed by atoms with Crippen molar-refractivity contribution in [2.45, 2.75) is 90.9 Å². The molecule has 0 aliphatic rings. The van der Waals surface area contributed by atoms with Crippen molar-refractivity contribution in [1.29, 1.82) is 0 Å². The molecule has 156 valence electrons. The average Bonchev–Trinajstić information content (AvgIpc) is 2.55. The second-order valence-corrected chi connectivity index (χ2v) is 8.19. The highest BCUT2D eigenvalue weighted by atomic mass is 79.9. The van der Waals surface area contributed by atoms with Gasteiger partial charge < -0.3 is 26.2 Å². The quantitative estimate of drug-likeness (QED) is 0.152. The second-order valence-electron chi connectivity index (χ2n) is 8.19. The van der Waals surface area contributed by atoms with E-state index in [4.69, 9.17) is 4.74 Å². The predicted octanol–water partition coefficient (Wildman–Crippen LogP) is 2.89. The van der Waals surface area contributed by atoms with E-state index in [0.29, 0.717) is 12.2 Å². The number of carbonyl (C=O) groups excluding carboxylic acids is 1. The summed E-state index contributed by atoms with van der Waals surface area (Å²) in [5.74, 6) is -0.273. The molecule has 0 atom stereocenters. The third-order valence-electron chi connectivity index (χ3n) is 4.90. The molecule has 4 heteroatoms. The maximum atomic E-state index is 11.4. The highest BCUT2D eigenvalue weighted by molar-refractivity contribution is 5.86. The van der Waals surface area contributed by atoms with E-state index in [1.54, 1.807) is 6.92 Å². The average molecular weight is 435 g/mol. The normalized spacial score (nSPS) is 11.1. The van der Waals surface area contributed by atoms with Crippen molar-refractivity contribution >= 4 is 5.97 Å². The number of carbonyl (C=O) groups is 1. The van der Waals surface area contributed by atoms with Gasteiger partial charge in [-0.05, 0) is 19.8 Å². The largest absolute Gasteiger partial charge is 1.00 e. The Labute approximate surface area is 173 Å². The highest BCUT2D eigenvalue weighted by Crippen LogP contribution is 2.12. The molecule has 0 fully saturated rings. The van der Waals surface area contributed by atoms with Gasteiger partial charge in [-0.15, -0.1) is 0 Å². The summed E-state index contributed by atoms with van der Waals surface area (Å²) in [4.78, 5) is 11.4. The van der Waals surface area contributed by atoms with Gasteiger partial charge in [-0.1, -0.05) is 77.7 Å². The molecule has 0 aromatic heterocycles. The zero-order valence-electron chi connectivity index (χ0n) is 18.0. The van der Waals surface area contributed by atoms with Crippen LogP contribution in [0.3, 0.4) is 0 Å². The number of nitrogens with zero attached hydrogens (tertiary/aromatic N) is 1. The van der Waals surface area contributed by atoms with Gasteiger partial charge in [0.15, 0.2) is 0 Å². The van der Waals surface area contributed by atoms with Gasteiger partial charge in [0.2, 0.25) is 0 Å². The molecule has 0 spiro atoms. The Morgan fingerprint density at radius 1 is 0.808 bits per heavy atom. The zero-order chi connectivity index (χ0) is 19.0. The lowest BCUT2D eigenvalue weighted by Gasteiger charge is -2.29. The number of likely N-dealkylation sites (N-methyl/N-ethyl adjacent to an activating group) is 1. The van der Waals surface area contributed by atoms with Crippen molar-refractivity contribution in [3.05, 3.63) is 12.2 Å². The van der Waals surface area contributed by atoms with Crippen LogP contribution >= 0.6 is 0 Å². The number of ether oxygens (including phenoxy) is 1. The maximum Gasteiger partial charge on any atom is 0.333 e. The molecule has 0 rings (SSSR count). The Morgan fingerprint density at radius 3 is 1.65 bits per heavy atom. The van der Waals surface area contributed by atoms with Crippen LogP contribution in [0.15, 0.2) is 12.2 Å². The number of halogens is 1. The Kier molecular flexibility index (Phi) is 19.3. The molecule has 0 aromatic rings. The first-order chi connectivity index (χ1) is 11.9. The Balaban J connectivity index is 0. The maximum absolute atomic E-state index is 11.4. The van der Waals surface area contributed by atoms with E-state index in [0.717, 1.165) is 17.6 Å². The van der Waals surface area contributed by atoms with Gasteiger partial charge in [0.05, 0.1) is 20.6 Å². The zero-order valence-corrected chi connectivity index (χ0v) is 19.5. The Hall–Kier alpha value is -0.350. The van der Waals surface area contributed by atoms with E-state index in [-0.39, 0.29) is 23.0 Å². The van der Waals surface area contributed by atoms with Crippen molar-refractivity contribution in [2.75, 3.05) is 33.8 Å². The number of quaternary nitrogens is 1. The monoisotopic (exact) mass is 433 g/mol. The van der Waals surface area contributed by atoms with Crippen LogP contribution in [0, 0.1) is 0 Å². The molecule has 0 unspecified atom stereocenters. The molecular weight excluding hydrogens is 390 g/mol. The number of unbranched alkanes of at least 4 members (excludes halogenated alkanes) is 11. The minimum Gasteiger partial charge on any atom is -1.00 e. The molecule has 0 bridgehead atoms. The van der Waals surface area contributed by atoms with Gasteiger partial charge in [0.1, 0.15) is 13.2 Å². The van der Waals surface area contributed by atoms with Gasteiger partial charge in [0, 0.05) is 5.57 Å². The lowest BCUT2D eigenvalue weighted by atomic mass is 10.1. The third kappa shape index (κ3) is 18.4. The first-order valence-corrected chi connectivity index (χ1v) is 10.5. The molecule has 0 aliphatic carbocycles. The summed E-state index contributed by atoms with van der Waals surface area (Å²) < 4.78 is 6.12. The minimum atomic E-state index is -0.273. The molecule has 3 nitrogen and oxygen atoms in total. The van der Waals surface area contributed by atoms with Gasteiger partial charge in [-0.3, -0.25) is 0 Å². The summed E-state index contributed by atoms with van der Waals surface area (Å²) in [7, 11) is 4.43. The summed E-state index contributed by atoms with van der Waals surface area (Å²) in [5.41, 5.74) is 0.478. The van der Waals surface area contributed by atoms with E-state index in [1.165, 1.54) is 77.0 Å². The fraction of sp³-hybridized carbons (Fsp3) is 0.864. The van der Waals surface area contributed by atoms with Crippen molar-refractivity contribution in [3.8, 4) is 0 Å². The van der Waals surface area contributed by atoms with E-state index in [9.17, 15) is 4.79 Å². The number of hydrogen-bond donors (Lipinski definition) is 0. The van der Waals surface area contributed by atoms with Gasteiger partial charge in [-0.25, -0.2) is 4.79 Å². The summed E-state index contributed by atoms with van der Waals surface area (Å²) in [6, 6.07) is 0. The van der Waals surface area contributed by atoms with Crippen molar-refractivity contribution in [2.24, 2.45) is 0 Å². The first kappa shape index (κ1) is 27.9. The number of esters is 1. The molecule has 0 aromatic carbocycles. The van der Waals surface area contributed by atoms with Crippen LogP contribution in [0.1, 0.15) is 90.9 Å². The van der Waals surface area contributed by atoms with Crippen LogP contribution in [0.5, 0.6) is 0 Å². The Bertz CT molecular complexity index is 356. The lowest BCUT2D eigenvalue weighted by molar-refractivity contribution is -0.890. The van der Waals surface area contributed by atoms with Crippen molar-refractivity contribution in [1.82, 2.24) is 0 Å². The van der Waals surface area contributed by atoms with E-state index in [2.05, 4.69) is 27.6 Å².